The van der Waals surface area contributed by atoms with Gasteiger partial charge < -0.3 is 5.32 Å². The SMILES string of the molecule is O=C(CN1N=N[C@@H]2C(=O)N(c3cccc(F)c3)C(=O)[C@H]21)Nc1ccccc1. The van der Waals surface area contributed by atoms with Gasteiger partial charge in [-0.05, 0) is 30.3 Å². The molecule has 9 heteroatoms. The summed E-state index contributed by atoms with van der Waals surface area (Å²) in [6.07, 6.45) is 0. The largest absolute Gasteiger partial charge is 0.324 e. The lowest BCUT2D eigenvalue weighted by molar-refractivity contribution is -0.123. The minimum Gasteiger partial charge on any atom is -0.324 e. The predicted molar refractivity (Wildman–Crippen MR) is 93.1 cm³/mol. The highest BCUT2D eigenvalue weighted by Crippen LogP contribution is 2.31. The van der Waals surface area contributed by atoms with Crippen molar-refractivity contribution in [3.63, 3.8) is 0 Å². The number of nitrogens with one attached hydrogen (secondary N) is 1. The van der Waals surface area contributed by atoms with Gasteiger partial charge >= 0.3 is 0 Å². The molecule has 0 saturated carbocycles. The number of fused-ring (bicyclic) bond motifs is 1. The summed E-state index contributed by atoms with van der Waals surface area (Å²) in [6.45, 7) is -0.241. The van der Waals surface area contributed by atoms with Gasteiger partial charge in [-0.1, -0.05) is 29.5 Å². The van der Waals surface area contributed by atoms with Crippen molar-refractivity contribution in [3.05, 3.63) is 60.4 Å². The zero-order chi connectivity index (χ0) is 19.0. The first-order chi connectivity index (χ1) is 13.0. The summed E-state index contributed by atoms with van der Waals surface area (Å²) >= 11 is 0. The Morgan fingerprint density at radius 1 is 1.07 bits per heavy atom. The zero-order valence-electron chi connectivity index (χ0n) is 13.9. The molecule has 1 N–H and O–H groups in total. The van der Waals surface area contributed by atoms with Crippen molar-refractivity contribution >= 4 is 29.1 Å². The molecule has 1 fully saturated rings. The number of imide groups is 1. The van der Waals surface area contributed by atoms with Crippen molar-refractivity contribution in [2.75, 3.05) is 16.8 Å². The van der Waals surface area contributed by atoms with E-state index in [2.05, 4.69) is 15.7 Å². The summed E-state index contributed by atoms with van der Waals surface area (Å²) in [5.41, 5.74) is 0.730. The number of benzene rings is 2. The van der Waals surface area contributed by atoms with Gasteiger partial charge in [-0.3, -0.25) is 19.4 Å². The molecule has 2 aromatic carbocycles. The quantitative estimate of drug-likeness (QED) is 0.833. The number of para-hydroxylation sites is 1. The number of halogens is 1. The summed E-state index contributed by atoms with van der Waals surface area (Å²) in [4.78, 5) is 38.4. The van der Waals surface area contributed by atoms with E-state index in [1.54, 1.807) is 24.3 Å². The number of carbonyl (C=O) groups is 3. The molecule has 0 aliphatic carbocycles. The van der Waals surface area contributed by atoms with Crippen molar-refractivity contribution in [2.45, 2.75) is 12.1 Å². The molecule has 2 heterocycles. The molecule has 0 bridgehead atoms. The molecule has 0 aromatic heterocycles. The Balaban J connectivity index is 1.50. The van der Waals surface area contributed by atoms with Crippen LogP contribution in [-0.2, 0) is 14.4 Å². The Bertz CT molecular complexity index is 949. The van der Waals surface area contributed by atoms with E-state index in [-0.39, 0.29) is 12.2 Å². The number of rotatable bonds is 4. The molecule has 2 aromatic rings. The number of hydrogen-bond donors (Lipinski definition) is 1. The lowest BCUT2D eigenvalue weighted by atomic mass is 10.1. The predicted octanol–water partition coefficient (Wildman–Crippen LogP) is 1.76. The van der Waals surface area contributed by atoms with E-state index in [1.807, 2.05) is 6.07 Å². The average Bonchev–Trinajstić information content (AvgIpc) is 3.16. The minimum absolute atomic E-state index is 0.128. The topological polar surface area (TPSA) is 94.4 Å². The van der Waals surface area contributed by atoms with Crippen LogP contribution in [0.4, 0.5) is 15.8 Å². The van der Waals surface area contributed by atoms with Crippen LogP contribution in [0.5, 0.6) is 0 Å². The number of nitrogens with zero attached hydrogens (tertiary/aromatic N) is 4. The molecule has 8 nitrogen and oxygen atoms in total. The van der Waals surface area contributed by atoms with Gasteiger partial charge in [-0.15, -0.1) is 0 Å². The van der Waals surface area contributed by atoms with E-state index in [1.165, 1.54) is 23.2 Å². The lowest BCUT2D eigenvalue weighted by Crippen LogP contribution is -2.43. The molecule has 27 heavy (non-hydrogen) atoms. The first kappa shape index (κ1) is 16.8. The molecular weight excluding hydrogens is 353 g/mol. The fourth-order valence-electron chi connectivity index (χ4n) is 3.09. The standard InChI is InChI=1S/C18H14FN5O3/c19-11-5-4-8-13(9-11)24-17(26)15-16(18(24)27)23(22-21-15)10-14(25)20-12-6-2-1-3-7-12/h1-9,15-16H,10H2,(H,20,25)/t15-,16-/m0/s1. The van der Waals surface area contributed by atoms with Crippen LogP contribution in [0.3, 0.4) is 0 Å². The first-order valence-corrected chi connectivity index (χ1v) is 8.20. The van der Waals surface area contributed by atoms with Gasteiger partial charge in [-0.2, -0.15) is 5.11 Å². The van der Waals surface area contributed by atoms with Gasteiger partial charge in [0.2, 0.25) is 5.91 Å². The van der Waals surface area contributed by atoms with Crippen LogP contribution in [0.15, 0.2) is 64.9 Å². The van der Waals surface area contributed by atoms with E-state index in [9.17, 15) is 18.8 Å². The van der Waals surface area contributed by atoms with Gasteiger partial charge in [-0.25, -0.2) is 9.29 Å². The number of hydrogen-bond acceptors (Lipinski definition) is 6. The van der Waals surface area contributed by atoms with Crippen molar-refractivity contribution in [1.29, 1.82) is 0 Å². The summed E-state index contributed by atoms with van der Waals surface area (Å²) in [6, 6.07) is 12.0. The second-order valence-corrected chi connectivity index (χ2v) is 6.10. The van der Waals surface area contributed by atoms with Crippen molar-refractivity contribution in [1.82, 2.24) is 5.01 Å². The summed E-state index contributed by atoms with van der Waals surface area (Å²) in [5, 5.41) is 11.5. The fraction of sp³-hybridized carbons (Fsp3) is 0.167. The minimum atomic E-state index is -1.04. The highest BCUT2D eigenvalue weighted by atomic mass is 19.1. The maximum atomic E-state index is 13.5. The number of anilines is 2. The van der Waals surface area contributed by atoms with Gasteiger partial charge in [0.05, 0.1) is 5.69 Å². The van der Waals surface area contributed by atoms with Crippen LogP contribution < -0.4 is 10.2 Å². The third kappa shape index (κ3) is 3.03. The molecular formula is C18H14FN5O3. The Kier molecular flexibility index (Phi) is 4.11. The normalized spacial score (nSPS) is 20.9. The van der Waals surface area contributed by atoms with E-state index >= 15 is 0 Å². The Morgan fingerprint density at radius 3 is 2.59 bits per heavy atom. The van der Waals surface area contributed by atoms with Crippen LogP contribution in [0.25, 0.3) is 0 Å². The molecule has 0 radical (unpaired) electrons. The van der Waals surface area contributed by atoms with Gasteiger partial charge in [0, 0.05) is 5.69 Å². The highest BCUT2D eigenvalue weighted by molar-refractivity contribution is 6.25. The molecule has 2 aliphatic heterocycles. The first-order valence-electron chi connectivity index (χ1n) is 8.20. The zero-order valence-corrected chi connectivity index (χ0v) is 13.9. The second kappa shape index (κ2) is 6.60. The molecule has 2 atom stereocenters. The summed E-state index contributed by atoms with van der Waals surface area (Å²) < 4.78 is 13.5. The smallest absolute Gasteiger partial charge is 0.263 e. The lowest BCUT2D eigenvalue weighted by Gasteiger charge is -2.20. The van der Waals surface area contributed by atoms with Crippen LogP contribution in [0.1, 0.15) is 0 Å². The molecule has 4 rings (SSSR count). The van der Waals surface area contributed by atoms with E-state index in [0.717, 1.165) is 11.0 Å². The van der Waals surface area contributed by atoms with E-state index in [0.29, 0.717) is 5.69 Å². The maximum absolute atomic E-state index is 13.5. The number of carbonyl (C=O) groups excluding carboxylic acids is 3. The second-order valence-electron chi connectivity index (χ2n) is 6.10. The van der Waals surface area contributed by atoms with Crippen LogP contribution in [0.2, 0.25) is 0 Å². The Labute approximate surface area is 153 Å². The van der Waals surface area contributed by atoms with Crippen LogP contribution in [0, 0.1) is 5.82 Å². The average molecular weight is 367 g/mol. The molecule has 1 saturated heterocycles. The summed E-state index contributed by atoms with van der Waals surface area (Å²) in [7, 11) is 0. The molecule has 2 aliphatic rings. The monoisotopic (exact) mass is 367 g/mol. The maximum Gasteiger partial charge on any atom is 0.263 e. The summed E-state index contributed by atoms with van der Waals surface area (Å²) in [5.74, 6) is -2.14. The number of amides is 3. The van der Waals surface area contributed by atoms with Crippen molar-refractivity contribution < 1.29 is 18.8 Å². The van der Waals surface area contributed by atoms with Crippen LogP contribution >= 0.6 is 0 Å². The van der Waals surface area contributed by atoms with E-state index in [4.69, 9.17) is 0 Å². The molecule has 0 unspecified atom stereocenters. The highest BCUT2D eigenvalue weighted by Gasteiger charge is 2.55. The van der Waals surface area contributed by atoms with Gasteiger partial charge in [0.25, 0.3) is 11.8 Å². The molecule has 0 spiro atoms. The van der Waals surface area contributed by atoms with Crippen molar-refractivity contribution in [3.8, 4) is 0 Å². The third-order valence-electron chi connectivity index (χ3n) is 4.29. The van der Waals surface area contributed by atoms with Crippen LogP contribution in [-0.4, -0.2) is 41.4 Å². The van der Waals surface area contributed by atoms with E-state index < -0.39 is 35.6 Å². The Hall–Kier alpha value is -3.62. The Morgan fingerprint density at radius 2 is 1.85 bits per heavy atom. The fourth-order valence-corrected chi connectivity index (χ4v) is 3.09. The van der Waals surface area contributed by atoms with Gasteiger partial charge in [0.15, 0.2) is 12.1 Å². The molecule has 136 valence electrons. The third-order valence-corrected chi connectivity index (χ3v) is 4.29. The molecule has 3 amide bonds. The van der Waals surface area contributed by atoms with Crippen molar-refractivity contribution in [2.24, 2.45) is 10.3 Å². The van der Waals surface area contributed by atoms with Gasteiger partial charge in [0.1, 0.15) is 12.4 Å².